The van der Waals surface area contributed by atoms with Gasteiger partial charge < -0.3 is 4.42 Å². The quantitative estimate of drug-likeness (QED) is 0.619. The minimum absolute atomic E-state index is 0.926. The molecular formula is C11H10O. The lowest BCUT2D eigenvalue weighted by atomic mass is 10.1. The van der Waals surface area contributed by atoms with E-state index in [1.807, 2.05) is 25.1 Å². The maximum absolute atomic E-state index is 5.27. The van der Waals surface area contributed by atoms with Crippen LogP contribution in [-0.4, -0.2) is 0 Å². The molecule has 2 rings (SSSR count). The Hall–Kier alpha value is -1.50. The van der Waals surface area contributed by atoms with Crippen LogP contribution in [-0.2, 0) is 0 Å². The van der Waals surface area contributed by atoms with Crippen LogP contribution in [0.2, 0.25) is 0 Å². The van der Waals surface area contributed by atoms with Gasteiger partial charge in [0.2, 0.25) is 0 Å². The van der Waals surface area contributed by atoms with Crippen molar-refractivity contribution < 1.29 is 4.42 Å². The van der Waals surface area contributed by atoms with Crippen LogP contribution in [0.15, 0.2) is 41.5 Å². The molecule has 0 aliphatic rings. The molecule has 1 aromatic carbocycles. The van der Waals surface area contributed by atoms with Gasteiger partial charge in [-0.15, -0.1) is 0 Å². The lowest BCUT2D eigenvalue weighted by Crippen LogP contribution is -1.77. The molecule has 0 amide bonds. The third kappa shape index (κ3) is 0.944. The van der Waals surface area contributed by atoms with Crippen molar-refractivity contribution in [2.75, 3.05) is 0 Å². The van der Waals surface area contributed by atoms with E-state index in [1.165, 1.54) is 5.56 Å². The summed E-state index contributed by atoms with van der Waals surface area (Å²) in [5.74, 6) is 0. The molecule has 0 spiro atoms. The first-order valence-electron chi connectivity index (χ1n) is 3.91. The van der Waals surface area contributed by atoms with Gasteiger partial charge in [-0.2, -0.15) is 0 Å². The van der Waals surface area contributed by atoms with E-state index >= 15 is 0 Å². The fourth-order valence-corrected chi connectivity index (χ4v) is 1.37. The SMILES string of the molecule is C=C(C)c1cccc2occc12. The molecule has 0 atom stereocenters. The Morgan fingerprint density at radius 1 is 1.33 bits per heavy atom. The summed E-state index contributed by atoms with van der Waals surface area (Å²) in [5, 5.41) is 1.14. The van der Waals surface area contributed by atoms with Gasteiger partial charge in [0.05, 0.1) is 6.26 Å². The molecule has 0 unspecified atom stereocenters. The summed E-state index contributed by atoms with van der Waals surface area (Å²) in [5.41, 5.74) is 3.17. The smallest absolute Gasteiger partial charge is 0.134 e. The molecule has 0 N–H and O–H groups in total. The highest BCUT2D eigenvalue weighted by atomic mass is 16.3. The first-order valence-corrected chi connectivity index (χ1v) is 3.91. The largest absolute Gasteiger partial charge is 0.464 e. The fraction of sp³-hybridized carbons (Fsp3) is 0.0909. The van der Waals surface area contributed by atoms with Crippen molar-refractivity contribution in [3.63, 3.8) is 0 Å². The van der Waals surface area contributed by atoms with Crippen molar-refractivity contribution in [2.45, 2.75) is 6.92 Å². The van der Waals surface area contributed by atoms with E-state index in [4.69, 9.17) is 4.42 Å². The Labute approximate surface area is 71.3 Å². The average molecular weight is 158 g/mol. The predicted octanol–water partition coefficient (Wildman–Crippen LogP) is 3.47. The zero-order valence-electron chi connectivity index (χ0n) is 7.00. The van der Waals surface area contributed by atoms with Crippen molar-refractivity contribution in [1.29, 1.82) is 0 Å². The molecule has 0 bridgehead atoms. The molecule has 1 heterocycles. The number of allylic oxidation sites excluding steroid dienone is 1. The van der Waals surface area contributed by atoms with Crippen LogP contribution in [0.3, 0.4) is 0 Å². The van der Waals surface area contributed by atoms with Crippen LogP contribution in [0.1, 0.15) is 12.5 Å². The Morgan fingerprint density at radius 2 is 2.17 bits per heavy atom. The lowest BCUT2D eigenvalue weighted by Gasteiger charge is -1.99. The van der Waals surface area contributed by atoms with E-state index in [0.717, 1.165) is 16.5 Å². The van der Waals surface area contributed by atoms with Gasteiger partial charge in [0.1, 0.15) is 5.58 Å². The molecule has 0 aliphatic carbocycles. The minimum atomic E-state index is 0.926. The van der Waals surface area contributed by atoms with Crippen LogP contribution >= 0.6 is 0 Å². The number of benzene rings is 1. The van der Waals surface area contributed by atoms with E-state index < -0.39 is 0 Å². The van der Waals surface area contributed by atoms with Gasteiger partial charge in [-0.1, -0.05) is 24.3 Å². The van der Waals surface area contributed by atoms with Crippen molar-refractivity contribution >= 4 is 16.5 Å². The van der Waals surface area contributed by atoms with Crippen molar-refractivity contribution in [3.8, 4) is 0 Å². The van der Waals surface area contributed by atoms with Gasteiger partial charge in [-0.25, -0.2) is 0 Å². The third-order valence-corrected chi connectivity index (χ3v) is 1.96. The Kier molecular flexibility index (Phi) is 1.51. The lowest BCUT2D eigenvalue weighted by molar-refractivity contribution is 0.616. The van der Waals surface area contributed by atoms with Gasteiger partial charge in [-0.05, 0) is 24.6 Å². The van der Waals surface area contributed by atoms with E-state index in [9.17, 15) is 0 Å². The number of rotatable bonds is 1. The number of hydrogen-bond donors (Lipinski definition) is 0. The Morgan fingerprint density at radius 3 is 2.92 bits per heavy atom. The molecule has 0 radical (unpaired) electrons. The fourth-order valence-electron chi connectivity index (χ4n) is 1.37. The standard InChI is InChI=1S/C11H10O/c1-8(2)9-4-3-5-11-10(9)6-7-12-11/h3-7H,1H2,2H3. The zero-order valence-corrected chi connectivity index (χ0v) is 7.00. The molecular weight excluding hydrogens is 148 g/mol. The van der Waals surface area contributed by atoms with Crippen LogP contribution in [0.4, 0.5) is 0 Å². The second-order valence-electron chi connectivity index (χ2n) is 2.92. The maximum Gasteiger partial charge on any atom is 0.134 e. The molecule has 1 heteroatoms. The molecule has 12 heavy (non-hydrogen) atoms. The van der Waals surface area contributed by atoms with Crippen LogP contribution in [0.5, 0.6) is 0 Å². The molecule has 60 valence electrons. The van der Waals surface area contributed by atoms with Crippen LogP contribution in [0.25, 0.3) is 16.5 Å². The molecule has 1 nitrogen and oxygen atoms in total. The second kappa shape index (κ2) is 2.52. The molecule has 2 aromatic rings. The highest BCUT2D eigenvalue weighted by Gasteiger charge is 2.01. The van der Waals surface area contributed by atoms with Gasteiger partial charge in [0.25, 0.3) is 0 Å². The van der Waals surface area contributed by atoms with E-state index in [2.05, 4.69) is 12.6 Å². The summed E-state index contributed by atoms with van der Waals surface area (Å²) in [4.78, 5) is 0. The van der Waals surface area contributed by atoms with E-state index in [1.54, 1.807) is 6.26 Å². The molecule has 0 saturated heterocycles. The van der Waals surface area contributed by atoms with Crippen molar-refractivity contribution in [2.24, 2.45) is 0 Å². The summed E-state index contributed by atoms with van der Waals surface area (Å²) < 4.78 is 5.27. The molecule has 0 fully saturated rings. The summed E-state index contributed by atoms with van der Waals surface area (Å²) >= 11 is 0. The highest BCUT2D eigenvalue weighted by Crippen LogP contribution is 2.24. The third-order valence-electron chi connectivity index (χ3n) is 1.96. The topological polar surface area (TPSA) is 13.1 Å². The predicted molar refractivity (Wildman–Crippen MR) is 50.9 cm³/mol. The summed E-state index contributed by atoms with van der Waals surface area (Å²) in [7, 11) is 0. The number of furan rings is 1. The average Bonchev–Trinajstić information content (AvgIpc) is 2.49. The maximum atomic E-state index is 5.27. The monoisotopic (exact) mass is 158 g/mol. The zero-order chi connectivity index (χ0) is 8.55. The van der Waals surface area contributed by atoms with Crippen LogP contribution in [0, 0.1) is 0 Å². The van der Waals surface area contributed by atoms with Gasteiger partial charge in [0.15, 0.2) is 0 Å². The normalized spacial score (nSPS) is 10.4. The second-order valence-corrected chi connectivity index (χ2v) is 2.92. The molecule has 0 saturated carbocycles. The minimum Gasteiger partial charge on any atom is -0.464 e. The number of hydrogen-bond acceptors (Lipinski definition) is 1. The molecule has 1 aromatic heterocycles. The van der Waals surface area contributed by atoms with Crippen molar-refractivity contribution in [3.05, 3.63) is 42.7 Å². The van der Waals surface area contributed by atoms with Gasteiger partial charge >= 0.3 is 0 Å². The van der Waals surface area contributed by atoms with Crippen molar-refractivity contribution in [1.82, 2.24) is 0 Å². The van der Waals surface area contributed by atoms with Gasteiger partial charge in [0, 0.05) is 5.39 Å². The Balaban J connectivity index is 2.82. The van der Waals surface area contributed by atoms with Gasteiger partial charge in [-0.3, -0.25) is 0 Å². The first kappa shape index (κ1) is 7.17. The Bertz CT molecular complexity index is 423. The summed E-state index contributed by atoms with van der Waals surface area (Å²) in [6.45, 7) is 5.92. The van der Waals surface area contributed by atoms with Crippen LogP contribution < -0.4 is 0 Å². The van der Waals surface area contributed by atoms with E-state index in [0.29, 0.717) is 0 Å². The molecule has 0 aliphatic heterocycles. The first-order chi connectivity index (χ1) is 5.79. The highest BCUT2D eigenvalue weighted by molar-refractivity contribution is 5.89. The summed E-state index contributed by atoms with van der Waals surface area (Å²) in [6, 6.07) is 7.97. The van der Waals surface area contributed by atoms with E-state index in [-0.39, 0.29) is 0 Å². The summed E-state index contributed by atoms with van der Waals surface area (Å²) in [6.07, 6.45) is 1.71. The number of fused-ring (bicyclic) bond motifs is 1.